The van der Waals surface area contributed by atoms with Crippen molar-refractivity contribution in [2.45, 2.75) is 6.92 Å². The first-order valence-corrected chi connectivity index (χ1v) is 9.34. The van der Waals surface area contributed by atoms with Gasteiger partial charge in [-0.2, -0.15) is 0 Å². The second kappa shape index (κ2) is 8.74. The number of aromatic nitrogens is 1. The lowest BCUT2D eigenvalue weighted by Gasteiger charge is -2.18. The third-order valence-corrected chi connectivity index (χ3v) is 4.80. The molecule has 0 radical (unpaired) electrons. The molecule has 0 N–H and O–H groups in total. The minimum atomic E-state index is -1.09. The largest absolute Gasteiger partial charge is 0.497 e. The number of nitrogens with zero attached hydrogens (tertiary/aromatic N) is 2. The second-order valence-electron chi connectivity index (χ2n) is 5.93. The number of anilines is 2. The van der Waals surface area contributed by atoms with E-state index in [0.29, 0.717) is 22.3 Å². The number of halogens is 2. The van der Waals surface area contributed by atoms with E-state index in [2.05, 4.69) is 4.98 Å². The predicted octanol–water partition coefficient (Wildman–Crippen LogP) is 5.01. The van der Waals surface area contributed by atoms with E-state index in [1.807, 2.05) is 0 Å². The number of carbonyl (C=O) groups excluding carboxylic acids is 2. The molecule has 1 aromatic heterocycles. The van der Waals surface area contributed by atoms with E-state index in [1.165, 1.54) is 41.4 Å². The van der Waals surface area contributed by atoms with Crippen molar-refractivity contribution in [3.63, 3.8) is 0 Å². The molecule has 8 heteroatoms. The average Bonchev–Trinajstić information content (AvgIpc) is 3.17. The number of amides is 1. The Morgan fingerprint density at radius 1 is 1.10 bits per heavy atom. The smallest absolute Gasteiger partial charge is 0.230 e. The van der Waals surface area contributed by atoms with Gasteiger partial charge in [0.25, 0.3) is 0 Å². The zero-order valence-electron chi connectivity index (χ0n) is 15.6. The van der Waals surface area contributed by atoms with E-state index >= 15 is 0 Å². The fourth-order valence-corrected chi connectivity index (χ4v) is 3.38. The fourth-order valence-electron chi connectivity index (χ4n) is 2.52. The molecule has 1 amide bonds. The fraction of sp³-hybridized carbons (Fsp3) is 0.0952. The van der Waals surface area contributed by atoms with Crippen molar-refractivity contribution in [3.8, 4) is 5.75 Å². The Bertz CT molecular complexity index is 1080. The first-order chi connectivity index (χ1) is 13.9. The summed E-state index contributed by atoms with van der Waals surface area (Å²) in [6.45, 7) is 1.42. The standard InChI is InChI=1S/C21H16F2N2O3S/c1-13(26)25(16-5-7-17(28-2)8-6-16)21-24-15(12-29-21)4-10-20(27)14-3-9-18(22)19(23)11-14/h3-12H,1-2H3. The van der Waals surface area contributed by atoms with Gasteiger partial charge in [0.1, 0.15) is 5.75 Å². The lowest BCUT2D eigenvalue weighted by atomic mass is 10.1. The molecular weight excluding hydrogens is 398 g/mol. The van der Waals surface area contributed by atoms with Crippen LogP contribution in [-0.2, 0) is 4.79 Å². The third-order valence-electron chi connectivity index (χ3n) is 3.96. The topological polar surface area (TPSA) is 59.5 Å². The number of allylic oxidation sites excluding steroid dienone is 1. The molecule has 0 atom stereocenters. The van der Waals surface area contributed by atoms with Crippen LogP contribution in [-0.4, -0.2) is 23.8 Å². The van der Waals surface area contributed by atoms with Crippen molar-refractivity contribution in [1.82, 2.24) is 4.98 Å². The molecule has 5 nitrogen and oxygen atoms in total. The van der Waals surface area contributed by atoms with E-state index in [4.69, 9.17) is 4.74 Å². The number of ketones is 1. The maximum absolute atomic E-state index is 13.3. The van der Waals surface area contributed by atoms with Gasteiger partial charge < -0.3 is 4.74 Å². The molecular formula is C21H16F2N2O3S. The van der Waals surface area contributed by atoms with Gasteiger partial charge in [-0.3, -0.25) is 14.5 Å². The number of hydrogen-bond acceptors (Lipinski definition) is 5. The molecule has 0 fully saturated rings. The quantitative estimate of drug-likeness (QED) is 0.420. The van der Waals surface area contributed by atoms with E-state index in [1.54, 1.807) is 36.8 Å². The molecule has 0 saturated carbocycles. The summed E-state index contributed by atoms with van der Waals surface area (Å²) >= 11 is 1.23. The van der Waals surface area contributed by atoms with Crippen LogP contribution in [0.1, 0.15) is 23.0 Å². The summed E-state index contributed by atoms with van der Waals surface area (Å²) in [4.78, 5) is 30.1. The highest BCUT2D eigenvalue weighted by Gasteiger charge is 2.17. The van der Waals surface area contributed by atoms with Crippen molar-refractivity contribution >= 4 is 39.9 Å². The average molecular weight is 414 g/mol. The lowest BCUT2D eigenvalue weighted by molar-refractivity contribution is -0.115. The van der Waals surface area contributed by atoms with Crippen LogP contribution in [0.4, 0.5) is 19.6 Å². The van der Waals surface area contributed by atoms with Gasteiger partial charge in [0.05, 0.1) is 18.5 Å². The van der Waals surface area contributed by atoms with Crippen molar-refractivity contribution in [1.29, 1.82) is 0 Å². The van der Waals surface area contributed by atoms with E-state index in [0.717, 1.165) is 12.1 Å². The summed E-state index contributed by atoms with van der Waals surface area (Å²) in [6, 6.07) is 9.90. The highest BCUT2D eigenvalue weighted by Crippen LogP contribution is 2.30. The van der Waals surface area contributed by atoms with Gasteiger partial charge in [-0.05, 0) is 54.6 Å². The first-order valence-electron chi connectivity index (χ1n) is 8.47. The molecule has 0 spiro atoms. The van der Waals surface area contributed by atoms with Gasteiger partial charge in [0.15, 0.2) is 22.5 Å². The van der Waals surface area contributed by atoms with Crippen molar-refractivity contribution in [2.24, 2.45) is 0 Å². The Morgan fingerprint density at radius 2 is 1.83 bits per heavy atom. The van der Waals surface area contributed by atoms with Gasteiger partial charge in [-0.25, -0.2) is 13.8 Å². The van der Waals surface area contributed by atoms with E-state index < -0.39 is 17.4 Å². The second-order valence-corrected chi connectivity index (χ2v) is 6.77. The molecule has 0 aliphatic heterocycles. The number of benzene rings is 2. The summed E-state index contributed by atoms with van der Waals surface area (Å²) in [6.07, 6.45) is 2.67. The van der Waals surface area contributed by atoms with E-state index in [-0.39, 0.29) is 11.5 Å². The summed E-state index contributed by atoms with van der Waals surface area (Å²) in [5.41, 5.74) is 1.11. The number of ether oxygens (including phenoxy) is 1. The molecule has 0 aliphatic rings. The van der Waals surface area contributed by atoms with Crippen molar-refractivity contribution in [3.05, 3.63) is 76.8 Å². The number of thiazole rings is 1. The van der Waals surface area contributed by atoms with Crippen LogP contribution in [0.2, 0.25) is 0 Å². The number of methoxy groups -OCH3 is 1. The Labute approximate surface area is 169 Å². The van der Waals surface area contributed by atoms with Gasteiger partial charge in [-0.15, -0.1) is 11.3 Å². The number of hydrogen-bond donors (Lipinski definition) is 0. The van der Waals surface area contributed by atoms with Crippen LogP contribution in [0.25, 0.3) is 6.08 Å². The first kappa shape index (κ1) is 20.3. The summed E-state index contributed by atoms with van der Waals surface area (Å²) < 4.78 is 31.4. The highest BCUT2D eigenvalue weighted by molar-refractivity contribution is 7.14. The molecule has 1 heterocycles. The van der Waals surface area contributed by atoms with Crippen molar-refractivity contribution < 1.29 is 23.1 Å². The molecule has 0 unspecified atom stereocenters. The monoisotopic (exact) mass is 414 g/mol. The molecule has 2 aromatic carbocycles. The molecule has 0 aliphatic carbocycles. The third kappa shape index (κ3) is 4.72. The summed E-state index contributed by atoms with van der Waals surface area (Å²) in [7, 11) is 1.55. The maximum atomic E-state index is 13.3. The minimum Gasteiger partial charge on any atom is -0.497 e. The molecule has 148 valence electrons. The molecule has 0 saturated heterocycles. The zero-order valence-corrected chi connectivity index (χ0v) is 16.4. The Kier molecular flexibility index (Phi) is 6.13. The highest BCUT2D eigenvalue weighted by atomic mass is 32.1. The molecule has 29 heavy (non-hydrogen) atoms. The summed E-state index contributed by atoms with van der Waals surface area (Å²) in [5, 5.41) is 2.12. The Morgan fingerprint density at radius 3 is 2.45 bits per heavy atom. The normalized spacial score (nSPS) is 10.9. The van der Waals surface area contributed by atoms with Crippen LogP contribution in [0.5, 0.6) is 5.75 Å². The van der Waals surface area contributed by atoms with Crippen LogP contribution < -0.4 is 9.64 Å². The van der Waals surface area contributed by atoms with Gasteiger partial charge in [0, 0.05) is 17.9 Å². The van der Waals surface area contributed by atoms with Crippen LogP contribution in [0.3, 0.4) is 0 Å². The zero-order chi connectivity index (χ0) is 21.0. The molecule has 3 aromatic rings. The van der Waals surface area contributed by atoms with Crippen LogP contribution >= 0.6 is 11.3 Å². The Balaban J connectivity index is 1.80. The van der Waals surface area contributed by atoms with E-state index in [9.17, 15) is 18.4 Å². The van der Waals surface area contributed by atoms with Crippen LogP contribution in [0, 0.1) is 11.6 Å². The molecule has 3 rings (SSSR count). The van der Waals surface area contributed by atoms with Crippen LogP contribution in [0.15, 0.2) is 53.9 Å². The molecule has 0 bridgehead atoms. The number of rotatable bonds is 6. The maximum Gasteiger partial charge on any atom is 0.230 e. The van der Waals surface area contributed by atoms with Gasteiger partial charge in [-0.1, -0.05) is 0 Å². The number of carbonyl (C=O) groups is 2. The lowest BCUT2D eigenvalue weighted by Crippen LogP contribution is -2.22. The Hall–Kier alpha value is -3.39. The SMILES string of the molecule is COc1ccc(N(C(C)=O)c2nc(C=CC(=O)c3ccc(F)c(F)c3)cs2)cc1. The predicted molar refractivity (Wildman–Crippen MR) is 108 cm³/mol. The van der Waals surface area contributed by atoms with Gasteiger partial charge in [0.2, 0.25) is 5.91 Å². The minimum absolute atomic E-state index is 0.0270. The van der Waals surface area contributed by atoms with Crippen molar-refractivity contribution in [2.75, 3.05) is 12.0 Å². The summed E-state index contributed by atoms with van der Waals surface area (Å²) in [5.74, 6) is -2.15. The van der Waals surface area contributed by atoms with Gasteiger partial charge >= 0.3 is 0 Å².